The van der Waals surface area contributed by atoms with E-state index in [2.05, 4.69) is 26.6 Å². The minimum atomic E-state index is -0.0871. The lowest BCUT2D eigenvalue weighted by Crippen LogP contribution is -3.11. The maximum absolute atomic E-state index is 12.1. The Morgan fingerprint density at radius 3 is 2.57 bits per heavy atom. The third-order valence-electron chi connectivity index (χ3n) is 4.10. The molecule has 126 valence electrons. The first-order valence-corrected chi connectivity index (χ1v) is 8.81. The summed E-state index contributed by atoms with van der Waals surface area (Å²) in [6, 6.07) is 5.97. The second kappa shape index (κ2) is 7.93. The van der Waals surface area contributed by atoms with Crippen LogP contribution in [0, 0.1) is 12.8 Å². The van der Waals surface area contributed by atoms with Gasteiger partial charge in [-0.15, -0.1) is 0 Å². The lowest BCUT2D eigenvalue weighted by atomic mass is 10.2. The quantitative estimate of drug-likeness (QED) is 0.661. The molecule has 0 radical (unpaired) electrons. The summed E-state index contributed by atoms with van der Waals surface area (Å²) in [6.07, 6.45) is 2.41. The van der Waals surface area contributed by atoms with Crippen LogP contribution in [-0.4, -0.2) is 38.0 Å². The molecule has 0 aliphatic heterocycles. The summed E-state index contributed by atoms with van der Waals surface area (Å²) in [4.78, 5) is 24.9. The van der Waals surface area contributed by atoms with E-state index >= 15 is 0 Å². The Balaban J connectivity index is 1.76. The van der Waals surface area contributed by atoms with E-state index in [-0.39, 0.29) is 24.4 Å². The molecule has 5 nitrogen and oxygen atoms in total. The summed E-state index contributed by atoms with van der Waals surface area (Å²) in [5.41, 5.74) is 1.80. The second-order valence-corrected chi connectivity index (χ2v) is 7.43. The van der Waals surface area contributed by atoms with Crippen molar-refractivity contribution in [2.45, 2.75) is 32.7 Å². The van der Waals surface area contributed by atoms with Gasteiger partial charge in [0.05, 0.1) is 7.05 Å². The molecule has 1 aliphatic carbocycles. The summed E-state index contributed by atoms with van der Waals surface area (Å²) >= 11 is 3.40. The maximum Gasteiger partial charge on any atom is 0.279 e. The standard InChI is InChI=1S/C17H24BrN3O2/c1-11-8-14(18)6-7-15(11)20-17(23)10-21(3)9-16(22)19-12(2)13-4-5-13/h6-8,12-13H,4-5,9-10H2,1-3H3,(H,19,22)(H,20,23)/p+1/t12-/m1/s1. The zero-order chi connectivity index (χ0) is 17.0. The summed E-state index contributed by atoms with van der Waals surface area (Å²) in [5.74, 6) is 0.563. The number of amides is 2. The highest BCUT2D eigenvalue weighted by atomic mass is 79.9. The van der Waals surface area contributed by atoms with Crippen LogP contribution < -0.4 is 15.5 Å². The van der Waals surface area contributed by atoms with Crippen LogP contribution in [-0.2, 0) is 9.59 Å². The van der Waals surface area contributed by atoms with E-state index in [4.69, 9.17) is 0 Å². The summed E-state index contributed by atoms with van der Waals surface area (Å²) < 4.78 is 0.984. The fraction of sp³-hybridized carbons (Fsp3) is 0.529. The minimum absolute atomic E-state index is 0.00882. The first-order valence-electron chi connectivity index (χ1n) is 8.02. The fourth-order valence-electron chi connectivity index (χ4n) is 2.59. The monoisotopic (exact) mass is 382 g/mol. The normalized spacial score (nSPS) is 16.5. The molecular weight excluding hydrogens is 358 g/mol. The van der Waals surface area contributed by atoms with E-state index in [1.54, 1.807) is 0 Å². The van der Waals surface area contributed by atoms with Gasteiger partial charge in [0, 0.05) is 16.2 Å². The fourth-order valence-corrected chi connectivity index (χ4v) is 3.07. The summed E-state index contributed by atoms with van der Waals surface area (Å²) in [5, 5.41) is 5.91. The number of carbonyl (C=O) groups is 2. The highest BCUT2D eigenvalue weighted by Gasteiger charge is 2.29. The largest absolute Gasteiger partial charge is 0.348 e. The minimum Gasteiger partial charge on any atom is -0.348 e. The second-order valence-electron chi connectivity index (χ2n) is 6.51. The number of aryl methyl sites for hydroxylation is 1. The molecule has 2 atom stereocenters. The highest BCUT2D eigenvalue weighted by Crippen LogP contribution is 2.32. The van der Waals surface area contributed by atoms with Crippen molar-refractivity contribution in [3.05, 3.63) is 28.2 Å². The lowest BCUT2D eigenvalue weighted by molar-refractivity contribution is -0.862. The predicted molar refractivity (Wildman–Crippen MR) is 94.5 cm³/mol. The molecule has 1 aromatic rings. The molecule has 2 amide bonds. The molecule has 1 aliphatic rings. The predicted octanol–water partition coefficient (Wildman–Crippen LogP) is 1.13. The first-order chi connectivity index (χ1) is 10.8. The van der Waals surface area contributed by atoms with E-state index < -0.39 is 0 Å². The van der Waals surface area contributed by atoms with Crippen LogP contribution in [0.15, 0.2) is 22.7 Å². The van der Waals surface area contributed by atoms with Crippen molar-refractivity contribution in [2.24, 2.45) is 5.92 Å². The van der Waals surface area contributed by atoms with Crippen molar-refractivity contribution in [3.8, 4) is 0 Å². The van der Waals surface area contributed by atoms with Crippen LogP contribution in [0.5, 0.6) is 0 Å². The average molecular weight is 383 g/mol. The topological polar surface area (TPSA) is 62.6 Å². The number of hydrogen-bond donors (Lipinski definition) is 3. The van der Waals surface area contributed by atoms with Crippen LogP contribution in [0.4, 0.5) is 5.69 Å². The van der Waals surface area contributed by atoms with Crippen molar-refractivity contribution in [1.29, 1.82) is 0 Å². The maximum atomic E-state index is 12.1. The van der Waals surface area contributed by atoms with Crippen molar-refractivity contribution in [3.63, 3.8) is 0 Å². The number of hydrogen-bond acceptors (Lipinski definition) is 2. The molecule has 0 bridgehead atoms. The molecule has 0 aromatic heterocycles. The van der Waals surface area contributed by atoms with Crippen molar-refractivity contribution < 1.29 is 14.5 Å². The number of likely N-dealkylation sites (N-methyl/N-ethyl adjacent to an activating group) is 1. The Labute approximate surface area is 145 Å². The molecule has 3 N–H and O–H groups in total. The summed E-state index contributed by atoms with van der Waals surface area (Å²) in [6.45, 7) is 4.57. The van der Waals surface area contributed by atoms with E-state index in [1.807, 2.05) is 39.1 Å². The van der Waals surface area contributed by atoms with Crippen molar-refractivity contribution >= 4 is 33.4 Å². The molecule has 23 heavy (non-hydrogen) atoms. The van der Waals surface area contributed by atoms with E-state index in [0.717, 1.165) is 20.6 Å². The summed E-state index contributed by atoms with van der Waals surface area (Å²) in [7, 11) is 1.86. The average Bonchev–Trinajstić information content (AvgIpc) is 3.25. The van der Waals surface area contributed by atoms with Gasteiger partial charge in [-0.25, -0.2) is 0 Å². The van der Waals surface area contributed by atoms with Gasteiger partial charge >= 0.3 is 0 Å². The van der Waals surface area contributed by atoms with Crippen LogP contribution in [0.25, 0.3) is 0 Å². The zero-order valence-corrected chi connectivity index (χ0v) is 15.5. The number of rotatable bonds is 7. The molecule has 1 fully saturated rings. The lowest BCUT2D eigenvalue weighted by Gasteiger charge is -2.17. The van der Waals surface area contributed by atoms with Crippen molar-refractivity contribution in [1.82, 2.24) is 5.32 Å². The molecule has 0 spiro atoms. The molecule has 0 heterocycles. The third kappa shape index (κ3) is 5.95. The highest BCUT2D eigenvalue weighted by molar-refractivity contribution is 9.10. The number of nitrogens with one attached hydrogen (secondary N) is 3. The first kappa shape index (κ1) is 17.9. The Bertz CT molecular complexity index is 587. The number of benzene rings is 1. The number of anilines is 1. The Hall–Kier alpha value is -1.40. The van der Waals surface area contributed by atoms with Gasteiger partial charge in [0.2, 0.25) is 0 Å². The molecule has 0 saturated heterocycles. The third-order valence-corrected chi connectivity index (χ3v) is 4.60. The van der Waals surface area contributed by atoms with Gasteiger partial charge in [0.15, 0.2) is 13.1 Å². The number of halogens is 1. The molecule has 6 heteroatoms. The molecule has 1 unspecified atom stereocenters. The van der Waals surface area contributed by atoms with Gasteiger partial charge in [0.25, 0.3) is 11.8 Å². The van der Waals surface area contributed by atoms with Crippen LogP contribution in [0.2, 0.25) is 0 Å². The number of carbonyl (C=O) groups excluding carboxylic acids is 2. The zero-order valence-electron chi connectivity index (χ0n) is 13.9. The Morgan fingerprint density at radius 1 is 1.30 bits per heavy atom. The molecular formula is C17H25BrN3O2+. The van der Waals surface area contributed by atoms with Gasteiger partial charge < -0.3 is 15.5 Å². The van der Waals surface area contributed by atoms with Gasteiger partial charge in [0.1, 0.15) is 0 Å². The van der Waals surface area contributed by atoms with Crippen LogP contribution in [0.3, 0.4) is 0 Å². The van der Waals surface area contributed by atoms with Crippen LogP contribution >= 0.6 is 15.9 Å². The smallest absolute Gasteiger partial charge is 0.279 e. The van der Waals surface area contributed by atoms with Gasteiger partial charge in [-0.05, 0) is 56.4 Å². The van der Waals surface area contributed by atoms with Crippen molar-refractivity contribution in [2.75, 3.05) is 25.5 Å². The van der Waals surface area contributed by atoms with E-state index in [9.17, 15) is 9.59 Å². The number of quaternary nitrogens is 1. The Kier molecular flexibility index (Phi) is 6.18. The molecule has 2 rings (SSSR count). The van der Waals surface area contributed by atoms with Gasteiger partial charge in [-0.3, -0.25) is 9.59 Å². The van der Waals surface area contributed by atoms with E-state index in [1.165, 1.54) is 12.8 Å². The SMILES string of the molecule is Cc1cc(Br)ccc1NC(=O)C[NH+](C)CC(=O)N[C@H](C)C1CC1. The van der Waals surface area contributed by atoms with Gasteiger partial charge in [-0.1, -0.05) is 15.9 Å². The van der Waals surface area contributed by atoms with Crippen LogP contribution in [0.1, 0.15) is 25.3 Å². The molecule has 1 aromatic carbocycles. The van der Waals surface area contributed by atoms with Gasteiger partial charge in [-0.2, -0.15) is 0 Å². The van der Waals surface area contributed by atoms with E-state index in [0.29, 0.717) is 12.5 Å². The Morgan fingerprint density at radius 2 is 1.96 bits per heavy atom. The molecule has 1 saturated carbocycles.